The van der Waals surface area contributed by atoms with Crippen LogP contribution in [0, 0.1) is 0 Å². The number of rotatable bonds is 5. The summed E-state index contributed by atoms with van der Waals surface area (Å²) in [6.07, 6.45) is -1.19. The predicted octanol–water partition coefficient (Wildman–Crippen LogP) is 4.25. The molecule has 2 N–H and O–H groups in total. The Balaban J connectivity index is 1.69. The molecule has 2 heterocycles. The molecule has 0 bridgehead atoms. The first-order valence-electron chi connectivity index (χ1n) is 7.42. The van der Waals surface area contributed by atoms with Crippen LogP contribution < -0.4 is 10.6 Å². The number of anilines is 3. The van der Waals surface area contributed by atoms with Gasteiger partial charge in [-0.3, -0.25) is 4.98 Å². The minimum absolute atomic E-state index is 0.199. The van der Waals surface area contributed by atoms with Gasteiger partial charge in [-0.25, -0.2) is 4.98 Å². The second kappa shape index (κ2) is 7.16. The average molecular weight is 345 g/mol. The monoisotopic (exact) mass is 345 g/mol. The summed E-state index contributed by atoms with van der Waals surface area (Å²) < 4.78 is 38.3. The standard InChI is InChI=1S/C17H14F3N5/c18-17(19,20)12-4-3-6-13(10-12)24-16-22-9-7-15(25-16)23-11-14-5-1-2-8-21-14/h1-10H,11H2,(H2,22,23,24,25). The topological polar surface area (TPSA) is 62.7 Å². The molecule has 0 saturated heterocycles. The Hall–Kier alpha value is -3.16. The fraction of sp³-hybridized carbons (Fsp3) is 0.118. The minimum Gasteiger partial charge on any atom is -0.364 e. The van der Waals surface area contributed by atoms with Gasteiger partial charge >= 0.3 is 6.18 Å². The van der Waals surface area contributed by atoms with E-state index in [0.29, 0.717) is 12.4 Å². The van der Waals surface area contributed by atoms with Crippen LogP contribution in [0.25, 0.3) is 0 Å². The Bertz CT molecular complexity index is 837. The van der Waals surface area contributed by atoms with Crippen LogP contribution in [-0.4, -0.2) is 15.0 Å². The molecule has 2 aromatic heterocycles. The van der Waals surface area contributed by atoms with Gasteiger partial charge in [-0.05, 0) is 36.4 Å². The zero-order chi connectivity index (χ0) is 17.7. The third-order valence-corrected chi connectivity index (χ3v) is 3.28. The molecular weight excluding hydrogens is 331 g/mol. The summed E-state index contributed by atoms with van der Waals surface area (Å²) in [4.78, 5) is 12.4. The Labute approximate surface area is 142 Å². The van der Waals surface area contributed by atoms with Gasteiger partial charge in [0.05, 0.1) is 17.8 Å². The second-order valence-electron chi connectivity index (χ2n) is 5.14. The lowest BCUT2D eigenvalue weighted by molar-refractivity contribution is -0.137. The zero-order valence-electron chi connectivity index (χ0n) is 13.0. The van der Waals surface area contributed by atoms with E-state index in [1.54, 1.807) is 12.3 Å². The maximum atomic E-state index is 12.8. The Morgan fingerprint density at radius 3 is 2.56 bits per heavy atom. The number of aromatic nitrogens is 3. The van der Waals surface area contributed by atoms with Crippen molar-refractivity contribution in [1.82, 2.24) is 15.0 Å². The first-order chi connectivity index (χ1) is 12.0. The summed E-state index contributed by atoms with van der Waals surface area (Å²) in [5.74, 6) is 0.737. The van der Waals surface area contributed by atoms with Crippen LogP contribution >= 0.6 is 0 Å². The molecule has 0 aliphatic carbocycles. The summed E-state index contributed by atoms with van der Waals surface area (Å²) in [6, 6.07) is 12.1. The lowest BCUT2D eigenvalue weighted by Crippen LogP contribution is -2.07. The van der Waals surface area contributed by atoms with Crippen LogP contribution in [0.4, 0.5) is 30.6 Å². The molecule has 3 rings (SSSR count). The second-order valence-corrected chi connectivity index (χ2v) is 5.14. The summed E-state index contributed by atoms with van der Waals surface area (Å²) in [6.45, 7) is 0.473. The highest BCUT2D eigenvalue weighted by Gasteiger charge is 2.30. The SMILES string of the molecule is FC(F)(F)c1cccc(Nc2nccc(NCc3ccccn3)n2)c1. The van der Waals surface area contributed by atoms with Crippen LogP contribution in [0.15, 0.2) is 60.9 Å². The third-order valence-electron chi connectivity index (χ3n) is 3.28. The van der Waals surface area contributed by atoms with Gasteiger partial charge in [0.2, 0.25) is 5.95 Å². The van der Waals surface area contributed by atoms with E-state index in [4.69, 9.17) is 0 Å². The van der Waals surface area contributed by atoms with Gasteiger partial charge in [-0.15, -0.1) is 0 Å². The summed E-state index contributed by atoms with van der Waals surface area (Å²) in [5.41, 5.74) is 0.368. The molecule has 0 saturated carbocycles. The van der Waals surface area contributed by atoms with Crippen molar-refractivity contribution in [3.8, 4) is 0 Å². The summed E-state index contributed by atoms with van der Waals surface area (Å²) >= 11 is 0. The van der Waals surface area contributed by atoms with Crippen molar-refractivity contribution >= 4 is 17.5 Å². The molecule has 3 aromatic rings. The van der Waals surface area contributed by atoms with Crippen molar-refractivity contribution < 1.29 is 13.2 Å². The van der Waals surface area contributed by atoms with E-state index in [9.17, 15) is 13.2 Å². The molecule has 0 fully saturated rings. The normalized spacial score (nSPS) is 11.2. The number of hydrogen-bond acceptors (Lipinski definition) is 5. The lowest BCUT2D eigenvalue weighted by Gasteiger charge is -2.10. The van der Waals surface area contributed by atoms with Gasteiger partial charge in [-0.1, -0.05) is 12.1 Å². The van der Waals surface area contributed by atoms with E-state index >= 15 is 0 Å². The zero-order valence-corrected chi connectivity index (χ0v) is 13.0. The fourth-order valence-electron chi connectivity index (χ4n) is 2.10. The smallest absolute Gasteiger partial charge is 0.364 e. The molecule has 128 valence electrons. The van der Waals surface area contributed by atoms with Gasteiger partial charge in [0.25, 0.3) is 0 Å². The Morgan fingerprint density at radius 1 is 0.920 bits per heavy atom. The number of hydrogen-bond donors (Lipinski definition) is 2. The summed E-state index contributed by atoms with van der Waals surface area (Å²) in [5, 5.41) is 5.87. The van der Waals surface area contributed by atoms with Crippen LogP contribution in [-0.2, 0) is 12.7 Å². The fourth-order valence-corrected chi connectivity index (χ4v) is 2.10. The molecule has 5 nitrogen and oxygen atoms in total. The van der Waals surface area contributed by atoms with Gasteiger partial charge in [0.15, 0.2) is 0 Å². The van der Waals surface area contributed by atoms with E-state index in [1.807, 2.05) is 18.2 Å². The molecular formula is C17H14F3N5. The highest BCUT2D eigenvalue weighted by atomic mass is 19.4. The van der Waals surface area contributed by atoms with Crippen molar-refractivity contribution in [1.29, 1.82) is 0 Å². The van der Waals surface area contributed by atoms with Crippen molar-refractivity contribution in [3.05, 3.63) is 72.2 Å². The first kappa shape index (κ1) is 16.7. The predicted molar refractivity (Wildman–Crippen MR) is 88.3 cm³/mol. The van der Waals surface area contributed by atoms with E-state index in [-0.39, 0.29) is 11.6 Å². The van der Waals surface area contributed by atoms with Crippen molar-refractivity contribution in [2.75, 3.05) is 10.6 Å². The molecule has 25 heavy (non-hydrogen) atoms. The van der Waals surface area contributed by atoms with Gasteiger partial charge in [0, 0.05) is 18.1 Å². The number of nitrogens with zero attached hydrogens (tertiary/aromatic N) is 3. The van der Waals surface area contributed by atoms with E-state index in [0.717, 1.165) is 17.8 Å². The van der Waals surface area contributed by atoms with E-state index in [1.165, 1.54) is 18.3 Å². The molecule has 0 unspecified atom stereocenters. The number of pyridine rings is 1. The molecule has 0 aliphatic rings. The average Bonchev–Trinajstić information content (AvgIpc) is 2.61. The van der Waals surface area contributed by atoms with E-state index in [2.05, 4.69) is 25.6 Å². The molecule has 8 heteroatoms. The summed E-state index contributed by atoms with van der Waals surface area (Å²) in [7, 11) is 0. The van der Waals surface area contributed by atoms with Gasteiger partial charge in [-0.2, -0.15) is 18.2 Å². The number of halogens is 3. The lowest BCUT2D eigenvalue weighted by atomic mass is 10.2. The molecule has 0 atom stereocenters. The molecule has 0 spiro atoms. The highest BCUT2D eigenvalue weighted by molar-refractivity contribution is 5.56. The van der Waals surface area contributed by atoms with Crippen LogP contribution in [0.5, 0.6) is 0 Å². The van der Waals surface area contributed by atoms with Crippen LogP contribution in [0.3, 0.4) is 0 Å². The number of alkyl halides is 3. The molecule has 0 aliphatic heterocycles. The maximum Gasteiger partial charge on any atom is 0.416 e. The maximum absolute atomic E-state index is 12.8. The van der Waals surface area contributed by atoms with Crippen LogP contribution in [0.2, 0.25) is 0 Å². The third kappa shape index (κ3) is 4.66. The molecule has 1 aromatic carbocycles. The minimum atomic E-state index is -4.40. The molecule has 0 radical (unpaired) electrons. The number of benzene rings is 1. The largest absolute Gasteiger partial charge is 0.416 e. The number of nitrogens with one attached hydrogen (secondary N) is 2. The Morgan fingerprint density at radius 2 is 1.80 bits per heavy atom. The van der Waals surface area contributed by atoms with Gasteiger partial charge < -0.3 is 10.6 Å². The first-order valence-corrected chi connectivity index (χ1v) is 7.42. The van der Waals surface area contributed by atoms with Crippen molar-refractivity contribution in [2.45, 2.75) is 12.7 Å². The van der Waals surface area contributed by atoms with Crippen molar-refractivity contribution in [3.63, 3.8) is 0 Å². The van der Waals surface area contributed by atoms with Crippen LogP contribution in [0.1, 0.15) is 11.3 Å². The Kier molecular flexibility index (Phi) is 4.78. The quantitative estimate of drug-likeness (QED) is 0.724. The van der Waals surface area contributed by atoms with Crippen molar-refractivity contribution in [2.24, 2.45) is 0 Å². The van der Waals surface area contributed by atoms with Gasteiger partial charge in [0.1, 0.15) is 5.82 Å². The highest BCUT2D eigenvalue weighted by Crippen LogP contribution is 2.31. The van der Waals surface area contributed by atoms with E-state index < -0.39 is 11.7 Å². The molecule has 0 amide bonds.